The molecule has 1 unspecified atom stereocenters. The Morgan fingerprint density at radius 3 is 2.04 bits per heavy atom. The fourth-order valence-corrected chi connectivity index (χ4v) is 3.70. The van der Waals surface area contributed by atoms with Crippen molar-refractivity contribution in [2.75, 3.05) is 6.61 Å². The van der Waals surface area contributed by atoms with Gasteiger partial charge in [-0.25, -0.2) is 0 Å². The van der Waals surface area contributed by atoms with E-state index in [1.165, 1.54) is 70.6 Å². The Balaban J connectivity index is 1.86. The Morgan fingerprint density at radius 2 is 1.48 bits per heavy atom. The molecular weight excluding hydrogens is 336 g/mol. The highest BCUT2D eigenvalue weighted by molar-refractivity contribution is 5.69. The fraction of sp³-hybridized carbons (Fsp3) is 0.875. The van der Waals surface area contributed by atoms with Gasteiger partial charge in [0, 0.05) is 19.3 Å². The van der Waals surface area contributed by atoms with Crippen LogP contribution in [0.25, 0.3) is 0 Å². The first-order chi connectivity index (χ1) is 13.2. The van der Waals surface area contributed by atoms with Crippen molar-refractivity contribution in [1.29, 1.82) is 0 Å². The summed E-state index contributed by atoms with van der Waals surface area (Å²) in [5.41, 5.74) is 0. The zero-order valence-electron chi connectivity index (χ0n) is 18.1. The van der Waals surface area contributed by atoms with Crippen LogP contribution in [-0.2, 0) is 14.3 Å². The molecule has 1 saturated heterocycles. The zero-order chi connectivity index (χ0) is 19.6. The Labute approximate surface area is 168 Å². The normalized spacial score (nSPS) is 19.8. The average Bonchev–Trinajstić information content (AvgIpc) is 3.13. The second kappa shape index (κ2) is 16.2. The van der Waals surface area contributed by atoms with Crippen LogP contribution < -0.4 is 0 Å². The van der Waals surface area contributed by atoms with Crippen LogP contribution in [0.1, 0.15) is 123 Å². The number of esters is 1. The van der Waals surface area contributed by atoms with E-state index in [1.54, 1.807) is 0 Å². The molecule has 1 aliphatic rings. The molecule has 1 fully saturated rings. The summed E-state index contributed by atoms with van der Waals surface area (Å²) in [5, 5.41) is 0. The van der Waals surface area contributed by atoms with E-state index in [2.05, 4.69) is 19.1 Å². The number of allylic oxidation sites excluding steroid dienone is 2. The van der Waals surface area contributed by atoms with Crippen molar-refractivity contribution >= 4 is 5.97 Å². The zero-order valence-corrected chi connectivity index (χ0v) is 18.1. The minimum atomic E-state index is -0.612. The van der Waals surface area contributed by atoms with E-state index in [0.29, 0.717) is 13.0 Å². The predicted octanol–water partition coefficient (Wildman–Crippen LogP) is 7.48. The maximum atomic E-state index is 12.0. The lowest BCUT2D eigenvalue weighted by molar-refractivity contribution is -0.214. The number of rotatable bonds is 17. The van der Waals surface area contributed by atoms with Gasteiger partial charge < -0.3 is 9.47 Å². The second-order valence-electron chi connectivity index (χ2n) is 8.02. The highest BCUT2D eigenvalue weighted by Gasteiger charge is 2.37. The first kappa shape index (κ1) is 24.2. The fourth-order valence-electron chi connectivity index (χ4n) is 3.70. The lowest BCUT2D eigenvalue weighted by atomic mass is 10.1. The molecule has 0 N–H and O–H groups in total. The molecule has 3 nitrogen and oxygen atoms in total. The lowest BCUT2D eigenvalue weighted by Crippen LogP contribution is -2.33. The minimum absolute atomic E-state index is 0.0867. The molecule has 0 saturated carbocycles. The Hall–Kier alpha value is -0.830. The lowest BCUT2D eigenvalue weighted by Gasteiger charge is -2.26. The largest absolute Gasteiger partial charge is 0.433 e. The molecule has 0 aliphatic carbocycles. The average molecular weight is 381 g/mol. The van der Waals surface area contributed by atoms with Gasteiger partial charge in [0.15, 0.2) is 0 Å². The van der Waals surface area contributed by atoms with Gasteiger partial charge in [0.05, 0.1) is 6.61 Å². The molecule has 27 heavy (non-hydrogen) atoms. The van der Waals surface area contributed by atoms with Crippen LogP contribution >= 0.6 is 0 Å². The van der Waals surface area contributed by atoms with Gasteiger partial charge in [-0.2, -0.15) is 0 Å². The molecule has 1 aliphatic heterocycles. The number of unbranched alkanes of at least 4 members (excludes halogenated alkanes) is 11. The van der Waals surface area contributed by atoms with Crippen LogP contribution in [0.3, 0.4) is 0 Å². The van der Waals surface area contributed by atoms with Gasteiger partial charge in [0.1, 0.15) is 0 Å². The van der Waals surface area contributed by atoms with E-state index in [0.717, 1.165) is 32.1 Å². The molecule has 0 aromatic carbocycles. The second-order valence-corrected chi connectivity index (χ2v) is 8.02. The number of hydrogen-bond acceptors (Lipinski definition) is 3. The van der Waals surface area contributed by atoms with Gasteiger partial charge in [-0.1, -0.05) is 77.4 Å². The molecule has 158 valence electrons. The number of hydrogen-bond donors (Lipinski definition) is 0. The van der Waals surface area contributed by atoms with Crippen LogP contribution in [-0.4, -0.2) is 18.4 Å². The third-order valence-electron chi connectivity index (χ3n) is 5.55. The first-order valence-corrected chi connectivity index (χ1v) is 11.7. The third-order valence-corrected chi connectivity index (χ3v) is 5.55. The van der Waals surface area contributed by atoms with Gasteiger partial charge >= 0.3 is 5.97 Å². The van der Waals surface area contributed by atoms with Crippen molar-refractivity contribution in [3.8, 4) is 0 Å². The van der Waals surface area contributed by atoms with Crippen molar-refractivity contribution in [2.45, 2.75) is 129 Å². The smallest absolute Gasteiger partial charge is 0.308 e. The predicted molar refractivity (Wildman–Crippen MR) is 114 cm³/mol. The number of ether oxygens (including phenoxy) is 2. The summed E-state index contributed by atoms with van der Waals surface area (Å²) in [6.07, 6.45) is 24.4. The maximum absolute atomic E-state index is 12.0. The summed E-state index contributed by atoms with van der Waals surface area (Å²) >= 11 is 0. The van der Waals surface area contributed by atoms with Crippen LogP contribution in [0, 0.1) is 0 Å². The Morgan fingerprint density at radius 1 is 0.889 bits per heavy atom. The summed E-state index contributed by atoms with van der Waals surface area (Å²) < 4.78 is 11.2. The molecule has 0 aromatic rings. The summed E-state index contributed by atoms with van der Waals surface area (Å²) in [6.45, 7) is 5.01. The minimum Gasteiger partial charge on any atom is -0.433 e. The quantitative estimate of drug-likeness (QED) is 0.149. The monoisotopic (exact) mass is 380 g/mol. The Bertz CT molecular complexity index is 383. The van der Waals surface area contributed by atoms with E-state index in [-0.39, 0.29) is 5.97 Å². The molecule has 1 heterocycles. The highest BCUT2D eigenvalue weighted by Crippen LogP contribution is 2.30. The SMILES string of the molecule is CCCCCCCC/C=C\CCCCCCCC(=O)OC1(CC)CCCO1. The van der Waals surface area contributed by atoms with Crippen molar-refractivity contribution in [3.05, 3.63) is 12.2 Å². The van der Waals surface area contributed by atoms with Crippen LogP contribution in [0.4, 0.5) is 0 Å². The van der Waals surface area contributed by atoms with Crippen LogP contribution in [0.15, 0.2) is 12.2 Å². The standard InChI is InChI=1S/C24H44O3/c1-3-5-6-7-8-9-10-11-12-13-14-15-16-17-18-20-23(25)27-24(4-2)21-19-22-26-24/h11-12H,3-10,13-22H2,1-2H3/b12-11-. The van der Waals surface area contributed by atoms with Gasteiger partial charge in [0.2, 0.25) is 5.79 Å². The molecule has 0 aromatic heterocycles. The van der Waals surface area contributed by atoms with Crippen molar-refractivity contribution in [3.63, 3.8) is 0 Å². The highest BCUT2D eigenvalue weighted by atomic mass is 16.7. The van der Waals surface area contributed by atoms with Crippen molar-refractivity contribution in [1.82, 2.24) is 0 Å². The van der Waals surface area contributed by atoms with Gasteiger partial charge in [-0.05, 0) is 38.5 Å². The van der Waals surface area contributed by atoms with Crippen molar-refractivity contribution in [2.24, 2.45) is 0 Å². The summed E-state index contributed by atoms with van der Waals surface area (Å²) in [4.78, 5) is 12.0. The van der Waals surface area contributed by atoms with E-state index >= 15 is 0 Å². The van der Waals surface area contributed by atoms with Crippen molar-refractivity contribution < 1.29 is 14.3 Å². The van der Waals surface area contributed by atoms with E-state index in [9.17, 15) is 4.79 Å². The maximum Gasteiger partial charge on any atom is 0.308 e. The topological polar surface area (TPSA) is 35.5 Å². The number of carbonyl (C=O) groups is 1. The molecule has 1 atom stereocenters. The van der Waals surface area contributed by atoms with E-state index in [4.69, 9.17) is 9.47 Å². The molecule has 1 rings (SSSR count). The van der Waals surface area contributed by atoms with Crippen LogP contribution in [0.2, 0.25) is 0 Å². The molecule has 0 bridgehead atoms. The molecule has 0 radical (unpaired) electrons. The Kier molecular flexibility index (Phi) is 14.5. The summed E-state index contributed by atoms with van der Waals surface area (Å²) in [5.74, 6) is -0.699. The number of carbonyl (C=O) groups excluding carboxylic acids is 1. The van der Waals surface area contributed by atoms with Gasteiger partial charge in [-0.15, -0.1) is 0 Å². The van der Waals surface area contributed by atoms with E-state index < -0.39 is 5.79 Å². The first-order valence-electron chi connectivity index (χ1n) is 11.7. The summed E-state index contributed by atoms with van der Waals surface area (Å²) in [6, 6.07) is 0. The summed E-state index contributed by atoms with van der Waals surface area (Å²) in [7, 11) is 0. The van der Waals surface area contributed by atoms with E-state index in [1.807, 2.05) is 6.92 Å². The molecule has 0 amide bonds. The molecule has 3 heteroatoms. The molecular formula is C24H44O3. The van der Waals surface area contributed by atoms with Gasteiger partial charge in [0.25, 0.3) is 0 Å². The molecule has 0 spiro atoms. The van der Waals surface area contributed by atoms with Gasteiger partial charge in [-0.3, -0.25) is 4.79 Å². The third kappa shape index (κ3) is 12.3. The van der Waals surface area contributed by atoms with Crippen LogP contribution in [0.5, 0.6) is 0 Å².